The third-order valence-electron chi connectivity index (χ3n) is 1.39. The molecule has 3 nitrogen and oxygen atoms in total. The zero-order valence-electron chi connectivity index (χ0n) is 6.76. The zero-order valence-corrected chi connectivity index (χ0v) is 6.76. The van der Waals surface area contributed by atoms with Crippen molar-refractivity contribution in [1.82, 2.24) is 0 Å². The van der Waals surface area contributed by atoms with Crippen LogP contribution in [-0.2, 0) is 4.74 Å². The number of hydrogen-bond acceptors (Lipinski definition) is 3. The van der Waals surface area contributed by atoms with E-state index in [4.69, 9.17) is 15.6 Å². The highest BCUT2D eigenvalue weighted by molar-refractivity contribution is 4.89. The maximum atomic E-state index is 8.43. The molecule has 3 heteroatoms. The Bertz CT molecular complexity index is 81.7. The van der Waals surface area contributed by atoms with Gasteiger partial charge in [0.25, 0.3) is 0 Å². The van der Waals surface area contributed by atoms with Gasteiger partial charge in [0, 0.05) is 6.61 Å². The Hall–Kier alpha value is -0.120. The fourth-order valence-electron chi connectivity index (χ4n) is 0.731. The number of hydrogen-bond donors (Lipinski definition) is 2. The largest absolute Gasteiger partial charge is 0.396 e. The molecule has 0 radical (unpaired) electrons. The predicted molar refractivity (Wildman–Crippen MR) is 40.8 cm³/mol. The molecule has 1 saturated heterocycles. The summed E-state index contributed by atoms with van der Waals surface area (Å²) in [6, 6.07) is 0. The first-order valence-corrected chi connectivity index (χ1v) is 3.74. The van der Waals surface area contributed by atoms with Gasteiger partial charge in [-0.1, -0.05) is 13.8 Å². The van der Waals surface area contributed by atoms with Crippen molar-refractivity contribution < 1.29 is 9.84 Å². The fourth-order valence-corrected chi connectivity index (χ4v) is 0.731. The number of aliphatic hydroxyl groups excluding tert-OH is 1. The molecule has 1 aliphatic heterocycles. The normalized spacial score (nSPS) is 20.4. The molecule has 0 saturated carbocycles. The molecule has 0 amide bonds. The molecule has 1 aliphatic rings. The van der Waals surface area contributed by atoms with E-state index in [1.54, 1.807) is 0 Å². The molecule has 0 aliphatic carbocycles. The number of aliphatic hydroxyl groups is 1. The monoisotopic (exact) mass is 147 g/mol. The van der Waals surface area contributed by atoms with Crippen LogP contribution in [0.2, 0.25) is 0 Å². The SMILES string of the molecule is CC.NC1(CCO)COC1. The Kier molecular flexibility index (Phi) is 4.60. The van der Waals surface area contributed by atoms with Crippen LogP contribution in [0, 0.1) is 0 Å². The molecule has 3 N–H and O–H groups in total. The molecule has 0 bridgehead atoms. The van der Waals surface area contributed by atoms with Crippen LogP contribution < -0.4 is 5.73 Å². The molecular weight excluding hydrogens is 130 g/mol. The summed E-state index contributed by atoms with van der Waals surface area (Å²) in [4.78, 5) is 0. The van der Waals surface area contributed by atoms with Crippen LogP contribution in [0.3, 0.4) is 0 Å². The minimum Gasteiger partial charge on any atom is -0.396 e. The summed E-state index contributed by atoms with van der Waals surface area (Å²) in [7, 11) is 0. The second kappa shape index (κ2) is 4.66. The van der Waals surface area contributed by atoms with E-state index in [-0.39, 0.29) is 12.1 Å². The Morgan fingerprint density at radius 3 is 2.10 bits per heavy atom. The third-order valence-corrected chi connectivity index (χ3v) is 1.39. The number of rotatable bonds is 2. The van der Waals surface area contributed by atoms with Gasteiger partial charge in [0.1, 0.15) is 0 Å². The highest BCUT2D eigenvalue weighted by Gasteiger charge is 2.32. The van der Waals surface area contributed by atoms with E-state index >= 15 is 0 Å². The molecule has 1 rings (SSSR count). The number of nitrogens with two attached hydrogens (primary N) is 1. The van der Waals surface area contributed by atoms with E-state index in [0.29, 0.717) is 19.6 Å². The molecule has 1 fully saturated rings. The molecule has 10 heavy (non-hydrogen) atoms. The summed E-state index contributed by atoms with van der Waals surface area (Å²) < 4.78 is 4.85. The van der Waals surface area contributed by atoms with E-state index < -0.39 is 0 Å². The van der Waals surface area contributed by atoms with Crippen molar-refractivity contribution in [3.63, 3.8) is 0 Å². The van der Waals surface area contributed by atoms with Gasteiger partial charge in [-0.25, -0.2) is 0 Å². The molecule has 62 valence electrons. The van der Waals surface area contributed by atoms with Gasteiger partial charge in [-0.2, -0.15) is 0 Å². The van der Waals surface area contributed by atoms with E-state index in [2.05, 4.69) is 0 Å². The Balaban J connectivity index is 0.000000371. The van der Waals surface area contributed by atoms with Gasteiger partial charge in [-0.05, 0) is 6.42 Å². The molecule has 0 aromatic carbocycles. The number of ether oxygens (including phenoxy) is 1. The zero-order chi connectivity index (χ0) is 8.04. The van der Waals surface area contributed by atoms with Gasteiger partial charge < -0.3 is 15.6 Å². The summed E-state index contributed by atoms with van der Waals surface area (Å²) in [6.45, 7) is 5.38. The molecule has 0 unspecified atom stereocenters. The van der Waals surface area contributed by atoms with Crippen molar-refractivity contribution in [3.8, 4) is 0 Å². The second-order valence-electron chi connectivity index (χ2n) is 2.33. The average Bonchev–Trinajstić information content (AvgIpc) is 1.90. The summed E-state index contributed by atoms with van der Waals surface area (Å²) in [5, 5.41) is 8.43. The first-order chi connectivity index (χ1) is 4.77. The molecule has 0 spiro atoms. The molecule has 0 aromatic heterocycles. The van der Waals surface area contributed by atoms with Crippen molar-refractivity contribution in [2.24, 2.45) is 5.73 Å². The Morgan fingerprint density at radius 2 is 2.00 bits per heavy atom. The lowest BCUT2D eigenvalue weighted by Crippen LogP contribution is -2.57. The van der Waals surface area contributed by atoms with Crippen LogP contribution in [0.5, 0.6) is 0 Å². The van der Waals surface area contributed by atoms with Crippen LogP contribution >= 0.6 is 0 Å². The first-order valence-electron chi connectivity index (χ1n) is 3.74. The topological polar surface area (TPSA) is 55.5 Å². The van der Waals surface area contributed by atoms with Gasteiger partial charge in [0.15, 0.2) is 0 Å². The molecule has 0 aromatic rings. The van der Waals surface area contributed by atoms with Crippen molar-refractivity contribution in [1.29, 1.82) is 0 Å². The smallest absolute Gasteiger partial charge is 0.0670 e. The predicted octanol–water partition coefficient (Wildman–Crippen LogP) is 0.123. The summed E-state index contributed by atoms with van der Waals surface area (Å²) >= 11 is 0. The average molecular weight is 147 g/mol. The van der Waals surface area contributed by atoms with Gasteiger partial charge in [0.2, 0.25) is 0 Å². The van der Waals surface area contributed by atoms with Crippen LogP contribution in [-0.4, -0.2) is 30.5 Å². The van der Waals surface area contributed by atoms with E-state index in [1.165, 1.54) is 0 Å². The van der Waals surface area contributed by atoms with Gasteiger partial charge in [0.05, 0.1) is 18.8 Å². The summed E-state index contributed by atoms with van der Waals surface area (Å²) in [5.41, 5.74) is 5.43. The maximum absolute atomic E-state index is 8.43. The van der Waals surface area contributed by atoms with Crippen molar-refractivity contribution in [2.75, 3.05) is 19.8 Å². The molecule has 1 heterocycles. The van der Waals surface area contributed by atoms with E-state index in [0.717, 1.165) is 0 Å². The van der Waals surface area contributed by atoms with E-state index in [9.17, 15) is 0 Å². The van der Waals surface area contributed by atoms with Crippen LogP contribution in [0.25, 0.3) is 0 Å². The van der Waals surface area contributed by atoms with Gasteiger partial charge in [-0.15, -0.1) is 0 Å². The highest BCUT2D eigenvalue weighted by atomic mass is 16.5. The molecule has 0 atom stereocenters. The van der Waals surface area contributed by atoms with Crippen LogP contribution in [0.4, 0.5) is 0 Å². The van der Waals surface area contributed by atoms with Crippen molar-refractivity contribution in [2.45, 2.75) is 25.8 Å². The minimum absolute atomic E-state index is 0.167. The highest BCUT2D eigenvalue weighted by Crippen LogP contribution is 2.16. The Labute approximate surface area is 62.2 Å². The van der Waals surface area contributed by atoms with E-state index in [1.807, 2.05) is 13.8 Å². The van der Waals surface area contributed by atoms with Gasteiger partial charge in [-0.3, -0.25) is 0 Å². The summed E-state index contributed by atoms with van der Waals surface area (Å²) in [6.07, 6.45) is 0.660. The second-order valence-corrected chi connectivity index (χ2v) is 2.33. The van der Waals surface area contributed by atoms with Crippen molar-refractivity contribution in [3.05, 3.63) is 0 Å². The van der Waals surface area contributed by atoms with Crippen LogP contribution in [0.15, 0.2) is 0 Å². The lowest BCUT2D eigenvalue weighted by Gasteiger charge is -2.37. The lowest BCUT2D eigenvalue weighted by atomic mass is 9.95. The third kappa shape index (κ3) is 2.64. The van der Waals surface area contributed by atoms with Crippen molar-refractivity contribution >= 4 is 0 Å². The minimum atomic E-state index is -0.200. The summed E-state index contributed by atoms with van der Waals surface area (Å²) in [5.74, 6) is 0. The maximum Gasteiger partial charge on any atom is 0.0670 e. The Morgan fingerprint density at radius 1 is 1.50 bits per heavy atom. The fraction of sp³-hybridized carbons (Fsp3) is 1.00. The first kappa shape index (κ1) is 9.88. The van der Waals surface area contributed by atoms with Gasteiger partial charge >= 0.3 is 0 Å². The quantitative estimate of drug-likeness (QED) is 0.583. The van der Waals surface area contributed by atoms with Crippen LogP contribution in [0.1, 0.15) is 20.3 Å². The molecular formula is C7H17NO2. The standard InChI is InChI=1S/C5H11NO2.C2H6/c6-5(1-2-7)3-8-4-5;1-2/h7H,1-4,6H2;1-2H3. The lowest BCUT2D eigenvalue weighted by molar-refractivity contribution is -0.0628.